The minimum absolute atomic E-state index is 0.159. The Labute approximate surface area is 101 Å². The predicted octanol–water partition coefficient (Wildman–Crippen LogP) is 3.67. The lowest BCUT2D eigenvalue weighted by atomic mass is 10.0. The van der Waals surface area contributed by atoms with E-state index in [2.05, 4.69) is 11.2 Å². The van der Waals surface area contributed by atoms with Gasteiger partial charge in [0.25, 0.3) is 0 Å². The molecular formula is C12H13Cl2N. The number of halogens is 2. The summed E-state index contributed by atoms with van der Waals surface area (Å²) in [5.41, 5.74) is 1.00. The van der Waals surface area contributed by atoms with Crippen molar-refractivity contribution in [1.82, 2.24) is 5.32 Å². The van der Waals surface area contributed by atoms with Gasteiger partial charge in [0.2, 0.25) is 0 Å². The Balaban J connectivity index is 2.91. The van der Waals surface area contributed by atoms with Crippen LogP contribution in [0.15, 0.2) is 18.2 Å². The van der Waals surface area contributed by atoms with E-state index in [1.165, 1.54) is 0 Å². The molecule has 0 spiro atoms. The molecule has 1 unspecified atom stereocenters. The largest absolute Gasteiger partial charge is 0.313 e. The molecule has 0 bridgehead atoms. The minimum atomic E-state index is 0.159. The normalized spacial score (nSPS) is 12.1. The molecule has 1 atom stereocenters. The highest BCUT2D eigenvalue weighted by atomic mass is 35.5. The molecule has 0 fully saturated rings. The Morgan fingerprint density at radius 3 is 2.80 bits per heavy atom. The Hall–Kier alpha value is -0.680. The van der Waals surface area contributed by atoms with E-state index in [9.17, 15) is 0 Å². The quantitative estimate of drug-likeness (QED) is 0.794. The number of hydrogen-bond donors (Lipinski definition) is 1. The zero-order valence-electron chi connectivity index (χ0n) is 8.56. The monoisotopic (exact) mass is 241 g/mol. The Morgan fingerprint density at radius 1 is 1.47 bits per heavy atom. The maximum Gasteiger partial charge on any atom is 0.0454 e. The molecule has 0 saturated heterocycles. The zero-order valence-corrected chi connectivity index (χ0v) is 10.1. The summed E-state index contributed by atoms with van der Waals surface area (Å²) in [6, 6.07) is 5.62. The van der Waals surface area contributed by atoms with Crippen molar-refractivity contribution in [3.63, 3.8) is 0 Å². The van der Waals surface area contributed by atoms with Crippen molar-refractivity contribution in [1.29, 1.82) is 0 Å². The summed E-state index contributed by atoms with van der Waals surface area (Å²) in [6.45, 7) is 0. The third-order valence-electron chi connectivity index (χ3n) is 2.26. The molecule has 0 aromatic heterocycles. The van der Waals surface area contributed by atoms with Crippen molar-refractivity contribution in [2.24, 2.45) is 0 Å². The highest BCUT2D eigenvalue weighted by Gasteiger charge is 2.12. The summed E-state index contributed by atoms with van der Waals surface area (Å²) in [6.07, 6.45) is 6.81. The van der Waals surface area contributed by atoms with Crippen LogP contribution >= 0.6 is 23.2 Å². The van der Waals surface area contributed by atoms with Gasteiger partial charge >= 0.3 is 0 Å². The van der Waals surface area contributed by atoms with Crippen molar-refractivity contribution >= 4 is 23.2 Å². The molecule has 1 aromatic rings. The van der Waals surface area contributed by atoms with E-state index in [4.69, 9.17) is 29.6 Å². The number of terminal acetylenes is 1. The van der Waals surface area contributed by atoms with Crippen LogP contribution in [0.5, 0.6) is 0 Å². The van der Waals surface area contributed by atoms with Crippen molar-refractivity contribution in [2.75, 3.05) is 7.05 Å². The summed E-state index contributed by atoms with van der Waals surface area (Å²) in [5, 5.41) is 4.59. The summed E-state index contributed by atoms with van der Waals surface area (Å²) in [5.74, 6) is 2.62. The molecule has 1 nitrogen and oxygen atoms in total. The fourth-order valence-electron chi connectivity index (χ4n) is 1.46. The second-order valence-corrected chi connectivity index (χ2v) is 4.09. The van der Waals surface area contributed by atoms with Crippen LogP contribution in [0.1, 0.15) is 24.4 Å². The predicted molar refractivity (Wildman–Crippen MR) is 66.3 cm³/mol. The molecule has 1 N–H and O–H groups in total. The first-order chi connectivity index (χ1) is 7.19. The van der Waals surface area contributed by atoms with Crippen LogP contribution in [0.3, 0.4) is 0 Å². The molecule has 1 rings (SSSR count). The summed E-state index contributed by atoms with van der Waals surface area (Å²) < 4.78 is 0. The number of hydrogen-bond acceptors (Lipinski definition) is 1. The maximum atomic E-state index is 6.10. The number of rotatable bonds is 4. The molecule has 15 heavy (non-hydrogen) atoms. The molecule has 3 heteroatoms. The third-order valence-corrected chi connectivity index (χ3v) is 2.84. The number of nitrogens with one attached hydrogen (secondary N) is 1. The van der Waals surface area contributed by atoms with E-state index < -0.39 is 0 Å². The summed E-state index contributed by atoms with van der Waals surface area (Å²) in [4.78, 5) is 0. The van der Waals surface area contributed by atoms with E-state index in [1.54, 1.807) is 12.1 Å². The molecule has 0 aliphatic heterocycles. The fraction of sp³-hybridized carbons (Fsp3) is 0.333. The summed E-state index contributed by atoms with van der Waals surface area (Å²) in [7, 11) is 1.89. The van der Waals surface area contributed by atoms with Crippen LogP contribution in [0.4, 0.5) is 0 Å². The van der Waals surface area contributed by atoms with Gasteiger partial charge in [-0.25, -0.2) is 0 Å². The summed E-state index contributed by atoms with van der Waals surface area (Å²) >= 11 is 12.0. The third kappa shape index (κ3) is 3.43. The van der Waals surface area contributed by atoms with Gasteiger partial charge in [-0.05, 0) is 37.2 Å². The van der Waals surface area contributed by atoms with Crippen molar-refractivity contribution < 1.29 is 0 Å². The van der Waals surface area contributed by atoms with Crippen LogP contribution in [-0.4, -0.2) is 7.05 Å². The highest BCUT2D eigenvalue weighted by Crippen LogP contribution is 2.28. The van der Waals surface area contributed by atoms with Gasteiger partial charge in [0, 0.05) is 22.5 Å². The Morgan fingerprint density at radius 2 is 2.20 bits per heavy atom. The first-order valence-electron chi connectivity index (χ1n) is 4.74. The van der Waals surface area contributed by atoms with E-state index in [-0.39, 0.29) is 6.04 Å². The van der Waals surface area contributed by atoms with Crippen LogP contribution < -0.4 is 5.32 Å². The minimum Gasteiger partial charge on any atom is -0.313 e. The lowest BCUT2D eigenvalue weighted by molar-refractivity contribution is 0.559. The molecule has 1 aromatic carbocycles. The fourth-order valence-corrected chi connectivity index (χ4v) is 1.89. The average Bonchev–Trinajstić information content (AvgIpc) is 2.24. The topological polar surface area (TPSA) is 12.0 Å². The molecule has 0 saturated carbocycles. The van der Waals surface area contributed by atoms with Crippen LogP contribution in [0.25, 0.3) is 0 Å². The van der Waals surface area contributed by atoms with Gasteiger partial charge in [0.15, 0.2) is 0 Å². The lowest BCUT2D eigenvalue weighted by Gasteiger charge is -2.17. The van der Waals surface area contributed by atoms with Gasteiger partial charge in [0.1, 0.15) is 0 Å². The highest BCUT2D eigenvalue weighted by molar-refractivity contribution is 6.33. The van der Waals surface area contributed by atoms with Gasteiger partial charge in [-0.2, -0.15) is 0 Å². The molecule has 0 radical (unpaired) electrons. The van der Waals surface area contributed by atoms with Crippen LogP contribution in [0.2, 0.25) is 10.0 Å². The second-order valence-electron chi connectivity index (χ2n) is 3.25. The van der Waals surface area contributed by atoms with E-state index in [0.29, 0.717) is 11.4 Å². The standard InChI is InChI=1S/C12H13Cl2N/c1-3-4-5-12(15-2)10-8-9(13)6-7-11(10)14/h1,6-8,12,15H,4-5H2,2H3. The molecule has 0 aliphatic carbocycles. The smallest absolute Gasteiger partial charge is 0.0454 e. The van der Waals surface area contributed by atoms with Crippen LogP contribution in [0, 0.1) is 12.3 Å². The molecule has 80 valence electrons. The first kappa shape index (κ1) is 12.4. The molecule has 0 amide bonds. The van der Waals surface area contributed by atoms with Crippen LogP contribution in [-0.2, 0) is 0 Å². The van der Waals surface area contributed by atoms with Gasteiger partial charge < -0.3 is 5.32 Å². The Bertz CT molecular complexity index is 368. The van der Waals surface area contributed by atoms with Crippen molar-refractivity contribution in [2.45, 2.75) is 18.9 Å². The van der Waals surface area contributed by atoms with Gasteiger partial charge in [0.05, 0.1) is 0 Å². The second kappa shape index (κ2) is 6.02. The van der Waals surface area contributed by atoms with Crippen molar-refractivity contribution in [3.05, 3.63) is 33.8 Å². The Kier molecular flexibility index (Phi) is 4.98. The molecular weight excluding hydrogens is 229 g/mol. The van der Waals surface area contributed by atoms with Gasteiger partial charge in [-0.3, -0.25) is 0 Å². The van der Waals surface area contributed by atoms with Crippen molar-refractivity contribution in [3.8, 4) is 12.3 Å². The van der Waals surface area contributed by atoms with E-state index >= 15 is 0 Å². The number of benzene rings is 1. The SMILES string of the molecule is C#CCCC(NC)c1cc(Cl)ccc1Cl. The average molecular weight is 242 g/mol. The maximum absolute atomic E-state index is 6.10. The van der Waals surface area contributed by atoms with Gasteiger partial charge in [-0.15, -0.1) is 12.3 Å². The van der Waals surface area contributed by atoms with E-state index in [0.717, 1.165) is 17.0 Å². The van der Waals surface area contributed by atoms with Gasteiger partial charge in [-0.1, -0.05) is 23.2 Å². The lowest BCUT2D eigenvalue weighted by Crippen LogP contribution is -2.16. The molecule has 0 aliphatic rings. The zero-order chi connectivity index (χ0) is 11.3. The molecule has 0 heterocycles. The van der Waals surface area contributed by atoms with E-state index in [1.807, 2.05) is 13.1 Å². The first-order valence-corrected chi connectivity index (χ1v) is 5.50.